The summed E-state index contributed by atoms with van der Waals surface area (Å²) in [6.45, 7) is 5.55. The van der Waals surface area contributed by atoms with E-state index in [0.717, 1.165) is 11.7 Å². The van der Waals surface area contributed by atoms with Gasteiger partial charge >= 0.3 is 0 Å². The first-order chi connectivity index (χ1) is 10.1. The topological polar surface area (TPSA) is 12.5 Å². The van der Waals surface area contributed by atoms with Crippen LogP contribution in [0.4, 0.5) is 0 Å². The van der Waals surface area contributed by atoms with Crippen molar-refractivity contribution in [1.82, 2.24) is 4.90 Å². The summed E-state index contributed by atoms with van der Waals surface area (Å²) in [6, 6.07) is 7.47. The van der Waals surface area contributed by atoms with Crippen LogP contribution in [0.15, 0.2) is 30.4 Å². The van der Waals surface area contributed by atoms with E-state index in [1.54, 1.807) is 18.2 Å². The van der Waals surface area contributed by atoms with Gasteiger partial charge in [0.2, 0.25) is 0 Å². The Bertz CT molecular complexity index is 593. The molecule has 2 aliphatic carbocycles. The Hall–Kier alpha value is -1.28. The largest absolute Gasteiger partial charge is 0.497 e. The molecule has 1 aromatic carbocycles. The van der Waals surface area contributed by atoms with E-state index in [-0.39, 0.29) is 0 Å². The van der Waals surface area contributed by atoms with Gasteiger partial charge in [0.15, 0.2) is 0 Å². The van der Waals surface area contributed by atoms with Crippen molar-refractivity contribution >= 4 is 0 Å². The minimum Gasteiger partial charge on any atom is -0.497 e. The van der Waals surface area contributed by atoms with Crippen LogP contribution < -0.4 is 4.74 Å². The highest BCUT2D eigenvalue weighted by Crippen LogP contribution is 2.56. The highest BCUT2D eigenvalue weighted by atomic mass is 16.5. The monoisotopic (exact) mass is 283 g/mol. The van der Waals surface area contributed by atoms with Crippen LogP contribution in [0, 0.1) is 5.92 Å². The van der Waals surface area contributed by atoms with E-state index in [2.05, 4.69) is 36.7 Å². The Balaban J connectivity index is 1.90. The number of hydrogen-bond acceptors (Lipinski definition) is 2. The molecule has 3 aliphatic rings. The van der Waals surface area contributed by atoms with Gasteiger partial charge in [-0.2, -0.15) is 0 Å². The molecular weight excluding hydrogens is 258 g/mol. The van der Waals surface area contributed by atoms with Crippen molar-refractivity contribution in [2.45, 2.75) is 43.6 Å². The quantitative estimate of drug-likeness (QED) is 0.731. The molecule has 3 unspecified atom stereocenters. The summed E-state index contributed by atoms with van der Waals surface area (Å²) in [5, 5.41) is 0. The molecule has 0 radical (unpaired) electrons. The fourth-order valence-corrected chi connectivity index (χ4v) is 5.26. The smallest absolute Gasteiger partial charge is 0.119 e. The number of piperidine rings is 1. The summed E-state index contributed by atoms with van der Waals surface area (Å²) >= 11 is 0. The second kappa shape index (κ2) is 4.61. The number of hydrogen-bond donors (Lipinski definition) is 0. The summed E-state index contributed by atoms with van der Waals surface area (Å²) in [5.74, 6) is 1.80. The molecule has 1 aliphatic heterocycles. The Morgan fingerprint density at radius 3 is 3.05 bits per heavy atom. The van der Waals surface area contributed by atoms with Gasteiger partial charge in [-0.15, -0.1) is 0 Å². The number of fused-ring (bicyclic) bond motifs is 1. The normalized spacial score (nSPS) is 35.0. The second-order valence-electron chi connectivity index (χ2n) is 7.25. The molecule has 4 rings (SSSR count). The summed E-state index contributed by atoms with van der Waals surface area (Å²) in [7, 11) is 4.09. The lowest BCUT2D eigenvalue weighted by atomic mass is 9.52. The van der Waals surface area contributed by atoms with Crippen LogP contribution in [-0.4, -0.2) is 31.6 Å². The van der Waals surface area contributed by atoms with Crippen molar-refractivity contribution in [3.05, 3.63) is 41.5 Å². The predicted molar refractivity (Wildman–Crippen MR) is 85.9 cm³/mol. The van der Waals surface area contributed by atoms with E-state index in [0.29, 0.717) is 11.5 Å². The van der Waals surface area contributed by atoms with Crippen molar-refractivity contribution in [2.24, 2.45) is 5.92 Å². The van der Waals surface area contributed by atoms with E-state index >= 15 is 0 Å². The van der Waals surface area contributed by atoms with Gasteiger partial charge in [-0.25, -0.2) is 0 Å². The zero-order chi connectivity index (χ0) is 14.6. The van der Waals surface area contributed by atoms with Crippen LogP contribution >= 0.6 is 0 Å². The lowest BCUT2D eigenvalue weighted by Crippen LogP contribution is -2.60. The third-order valence-corrected chi connectivity index (χ3v) is 6.31. The number of methoxy groups -OCH3 is 1. The number of likely N-dealkylation sites (N-methyl/N-ethyl adjacent to an activating group) is 1. The van der Waals surface area contributed by atoms with E-state index < -0.39 is 0 Å². The van der Waals surface area contributed by atoms with Gasteiger partial charge in [0, 0.05) is 11.5 Å². The predicted octanol–water partition coefficient (Wildman–Crippen LogP) is 3.55. The number of rotatable bonds is 1. The van der Waals surface area contributed by atoms with Crippen molar-refractivity contribution in [3.63, 3.8) is 0 Å². The van der Waals surface area contributed by atoms with E-state index in [4.69, 9.17) is 4.74 Å². The molecule has 2 nitrogen and oxygen atoms in total. The molecule has 2 bridgehead atoms. The van der Waals surface area contributed by atoms with Gasteiger partial charge in [-0.3, -0.25) is 0 Å². The van der Waals surface area contributed by atoms with Crippen LogP contribution in [-0.2, 0) is 11.8 Å². The maximum Gasteiger partial charge on any atom is 0.119 e. The first-order valence-corrected chi connectivity index (χ1v) is 8.18. The van der Waals surface area contributed by atoms with Crippen molar-refractivity contribution in [1.29, 1.82) is 0 Å². The molecule has 0 N–H and O–H groups in total. The first kappa shape index (κ1) is 13.4. The summed E-state index contributed by atoms with van der Waals surface area (Å²) < 4.78 is 5.51. The summed E-state index contributed by atoms with van der Waals surface area (Å²) in [6.07, 6.45) is 6.18. The standard InChI is InChI=1S/C19H25NO/c1-13-4-7-16-18-10-14-5-6-15(21-3)11-17(14)19(16,12-13)8-9-20(18)2/h5-6,11,16,18H,1,4,7-10,12H2,2-3H3. The van der Waals surface area contributed by atoms with Crippen molar-refractivity contribution < 1.29 is 4.74 Å². The van der Waals surface area contributed by atoms with E-state index in [1.165, 1.54) is 44.2 Å². The first-order valence-electron chi connectivity index (χ1n) is 8.18. The minimum atomic E-state index is 0.328. The summed E-state index contributed by atoms with van der Waals surface area (Å²) in [5.41, 5.74) is 4.88. The Kier molecular flexibility index (Phi) is 2.94. The maximum atomic E-state index is 5.51. The Labute approximate surface area is 127 Å². The molecule has 3 atom stereocenters. The summed E-state index contributed by atoms with van der Waals surface area (Å²) in [4.78, 5) is 2.60. The molecular formula is C19H25NO. The van der Waals surface area contributed by atoms with Gasteiger partial charge in [0.25, 0.3) is 0 Å². The van der Waals surface area contributed by atoms with Gasteiger partial charge in [-0.1, -0.05) is 18.2 Å². The minimum absolute atomic E-state index is 0.328. The van der Waals surface area contributed by atoms with Crippen LogP contribution in [0.25, 0.3) is 0 Å². The second-order valence-corrected chi connectivity index (χ2v) is 7.25. The molecule has 0 spiro atoms. The highest BCUT2D eigenvalue weighted by molar-refractivity contribution is 5.46. The fraction of sp³-hybridized carbons (Fsp3) is 0.579. The third-order valence-electron chi connectivity index (χ3n) is 6.31. The van der Waals surface area contributed by atoms with Gasteiger partial charge in [0.1, 0.15) is 5.75 Å². The maximum absolute atomic E-state index is 5.51. The molecule has 1 aromatic rings. The highest BCUT2D eigenvalue weighted by Gasteiger charge is 2.53. The zero-order valence-electron chi connectivity index (χ0n) is 13.2. The zero-order valence-corrected chi connectivity index (χ0v) is 13.2. The lowest BCUT2D eigenvalue weighted by molar-refractivity contribution is 0.0149. The third kappa shape index (κ3) is 1.81. The molecule has 0 aromatic heterocycles. The van der Waals surface area contributed by atoms with Crippen LogP contribution in [0.5, 0.6) is 5.75 Å². The van der Waals surface area contributed by atoms with Gasteiger partial charge in [0.05, 0.1) is 7.11 Å². The molecule has 1 heterocycles. The lowest BCUT2D eigenvalue weighted by Gasteiger charge is -2.58. The Morgan fingerprint density at radius 2 is 2.24 bits per heavy atom. The molecule has 112 valence electrons. The van der Waals surface area contributed by atoms with Crippen LogP contribution in [0.1, 0.15) is 36.8 Å². The molecule has 1 saturated heterocycles. The van der Waals surface area contributed by atoms with Crippen LogP contribution in [0.2, 0.25) is 0 Å². The van der Waals surface area contributed by atoms with Crippen LogP contribution in [0.3, 0.4) is 0 Å². The molecule has 21 heavy (non-hydrogen) atoms. The van der Waals surface area contributed by atoms with Gasteiger partial charge < -0.3 is 9.64 Å². The number of allylic oxidation sites excluding steroid dienone is 1. The molecule has 0 amide bonds. The molecule has 2 fully saturated rings. The molecule has 2 heteroatoms. The van der Waals surface area contributed by atoms with E-state index in [1.807, 2.05) is 0 Å². The number of nitrogens with zero attached hydrogens (tertiary/aromatic N) is 1. The average molecular weight is 283 g/mol. The van der Waals surface area contributed by atoms with Gasteiger partial charge in [-0.05, 0) is 74.9 Å². The fourth-order valence-electron chi connectivity index (χ4n) is 5.26. The number of benzene rings is 1. The Morgan fingerprint density at radius 1 is 1.38 bits per heavy atom. The SMILES string of the molecule is C=C1CCC2C3Cc4ccc(OC)cc4C2(CCN3C)C1. The van der Waals surface area contributed by atoms with Crippen molar-refractivity contribution in [3.8, 4) is 5.75 Å². The number of ether oxygens (including phenoxy) is 1. The number of likely N-dealkylation sites (tertiary alicyclic amines) is 1. The van der Waals surface area contributed by atoms with Crippen molar-refractivity contribution in [2.75, 3.05) is 20.7 Å². The van der Waals surface area contributed by atoms with E-state index in [9.17, 15) is 0 Å². The average Bonchev–Trinajstić information content (AvgIpc) is 2.50. The molecule has 1 saturated carbocycles.